The Kier molecular flexibility index (Phi) is 3.82. The molecular formula is C10H17ClFNO2. The van der Waals surface area contributed by atoms with Crippen LogP contribution in [0.15, 0.2) is 0 Å². The maximum absolute atomic E-state index is 13.3. The highest BCUT2D eigenvalue weighted by atomic mass is 35.5. The first kappa shape index (κ1) is 12.6. The monoisotopic (exact) mass is 237 g/mol. The lowest BCUT2D eigenvalue weighted by Gasteiger charge is -2.27. The molecular weight excluding hydrogens is 221 g/mol. The molecule has 0 radical (unpaired) electrons. The summed E-state index contributed by atoms with van der Waals surface area (Å²) in [6.07, 6.45) is -1.17. The van der Waals surface area contributed by atoms with E-state index in [0.717, 1.165) is 0 Å². The van der Waals surface area contributed by atoms with Gasteiger partial charge in [0.05, 0.1) is 6.04 Å². The number of halogens is 2. The topological polar surface area (TPSA) is 29.5 Å². The highest BCUT2D eigenvalue weighted by Gasteiger charge is 2.38. The lowest BCUT2D eigenvalue weighted by atomic mass is 10.2. The lowest BCUT2D eigenvalue weighted by molar-refractivity contribution is 0.0216. The Balaban J connectivity index is 2.60. The van der Waals surface area contributed by atoms with E-state index in [9.17, 15) is 9.18 Å². The first-order chi connectivity index (χ1) is 6.85. The summed E-state index contributed by atoms with van der Waals surface area (Å²) in [5, 5.41) is 0. The van der Waals surface area contributed by atoms with Gasteiger partial charge >= 0.3 is 6.09 Å². The van der Waals surface area contributed by atoms with Gasteiger partial charge in [0.15, 0.2) is 0 Å². The molecule has 1 heterocycles. The van der Waals surface area contributed by atoms with Crippen LogP contribution in [-0.4, -0.2) is 41.2 Å². The molecule has 1 saturated heterocycles. The Morgan fingerprint density at radius 2 is 2.20 bits per heavy atom. The minimum Gasteiger partial charge on any atom is -0.444 e. The van der Waals surface area contributed by atoms with Gasteiger partial charge in [-0.2, -0.15) is 0 Å². The van der Waals surface area contributed by atoms with Gasteiger partial charge in [0.2, 0.25) is 0 Å². The number of likely N-dealkylation sites (tertiary alicyclic amines) is 1. The highest BCUT2D eigenvalue weighted by Crippen LogP contribution is 2.24. The van der Waals surface area contributed by atoms with Crippen LogP contribution in [0.1, 0.15) is 27.2 Å². The zero-order chi connectivity index (χ0) is 11.6. The molecule has 2 unspecified atom stereocenters. The third-order valence-corrected chi connectivity index (χ3v) is 2.57. The second-order valence-electron chi connectivity index (χ2n) is 4.70. The van der Waals surface area contributed by atoms with Crippen molar-refractivity contribution in [2.75, 3.05) is 12.4 Å². The van der Waals surface area contributed by atoms with E-state index in [-0.39, 0.29) is 5.88 Å². The quantitative estimate of drug-likeness (QED) is 0.656. The number of hydrogen-bond acceptors (Lipinski definition) is 2. The van der Waals surface area contributed by atoms with Crippen LogP contribution in [0.3, 0.4) is 0 Å². The molecule has 88 valence electrons. The zero-order valence-electron chi connectivity index (χ0n) is 9.30. The molecule has 1 fully saturated rings. The van der Waals surface area contributed by atoms with Crippen molar-refractivity contribution in [1.82, 2.24) is 4.90 Å². The van der Waals surface area contributed by atoms with E-state index in [1.165, 1.54) is 4.90 Å². The summed E-state index contributed by atoms with van der Waals surface area (Å²) >= 11 is 5.62. The fourth-order valence-corrected chi connectivity index (χ4v) is 1.90. The van der Waals surface area contributed by atoms with E-state index < -0.39 is 23.9 Å². The maximum atomic E-state index is 13.3. The van der Waals surface area contributed by atoms with Gasteiger partial charge < -0.3 is 9.64 Å². The molecule has 0 N–H and O–H groups in total. The van der Waals surface area contributed by atoms with Gasteiger partial charge in [0.25, 0.3) is 0 Å². The van der Waals surface area contributed by atoms with Crippen LogP contribution in [-0.2, 0) is 4.74 Å². The van der Waals surface area contributed by atoms with Crippen LogP contribution < -0.4 is 0 Å². The molecule has 0 saturated carbocycles. The third-order valence-electron chi connectivity index (χ3n) is 2.25. The number of nitrogens with zero attached hydrogens (tertiary/aromatic N) is 1. The van der Waals surface area contributed by atoms with E-state index in [2.05, 4.69) is 0 Å². The highest BCUT2D eigenvalue weighted by molar-refractivity contribution is 6.18. The summed E-state index contributed by atoms with van der Waals surface area (Å²) in [4.78, 5) is 13.0. The number of alkyl halides is 2. The Morgan fingerprint density at radius 1 is 1.60 bits per heavy atom. The van der Waals surface area contributed by atoms with Gasteiger partial charge in [-0.3, -0.25) is 0 Å². The normalized spacial score (nSPS) is 26.9. The first-order valence-corrected chi connectivity index (χ1v) is 5.58. The number of amides is 1. The van der Waals surface area contributed by atoms with Gasteiger partial charge in [-0.05, 0) is 27.2 Å². The Hall–Kier alpha value is -0.510. The average Bonchev–Trinajstić information content (AvgIpc) is 2.43. The lowest BCUT2D eigenvalue weighted by Crippen LogP contribution is -2.42. The van der Waals surface area contributed by atoms with Gasteiger partial charge in [0.1, 0.15) is 11.8 Å². The van der Waals surface area contributed by atoms with Crippen molar-refractivity contribution in [2.24, 2.45) is 0 Å². The van der Waals surface area contributed by atoms with Gasteiger partial charge in [-0.15, -0.1) is 11.6 Å². The summed E-state index contributed by atoms with van der Waals surface area (Å²) in [5.41, 5.74) is -0.553. The molecule has 0 aromatic carbocycles. The number of carbonyl (C=O) groups is 1. The van der Waals surface area contributed by atoms with Crippen molar-refractivity contribution in [3.05, 3.63) is 0 Å². The fraction of sp³-hybridized carbons (Fsp3) is 0.900. The summed E-state index contributed by atoms with van der Waals surface area (Å²) < 4.78 is 18.5. The first-order valence-electron chi connectivity index (χ1n) is 5.05. The van der Waals surface area contributed by atoms with Crippen molar-refractivity contribution in [3.8, 4) is 0 Å². The van der Waals surface area contributed by atoms with E-state index in [1.807, 2.05) is 0 Å². The Bertz CT molecular complexity index is 242. The van der Waals surface area contributed by atoms with Crippen LogP contribution in [0.25, 0.3) is 0 Å². The van der Waals surface area contributed by atoms with Crippen LogP contribution >= 0.6 is 11.6 Å². The predicted molar refractivity (Wildman–Crippen MR) is 57.0 cm³/mol. The summed E-state index contributed by atoms with van der Waals surface area (Å²) in [5.74, 6) is 0.112. The number of rotatable bonds is 1. The van der Waals surface area contributed by atoms with E-state index >= 15 is 0 Å². The number of carbonyl (C=O) groups excluding carboxylic acids is 1. The summed E-state index contributed by atoms with van der Waals surface area (Å²) in [6.45, 7) is 5.73. The van der Waals surface area contributed by atoms with E-state index in [1.54, 1.807) is 20.8 Å². The van der Waals surface area contributed by atoms with Crippen molar-refractivity contribution in [3.63, 3.8) is 0 Å². The molecule has 1 rings (SSSR count). The predicted octanol–water partition coefficient (Wildman–Crippen LogP) is 2.57. The zero-order valence-corrected chi connectivity index (χ0v) is 10.1. The molecule has 0 aliphatic carbocycles. The second-order valence-corrected chi connectivity index (χ2v) is 5.01. The molecule has 0 bridgehead atoms. The van der Waals surface area contributed by atoms with E-state index in [4.69, 9.17) is 16.3 Å². The molecule has 0 aromatic heterocycles. The largest absolute Gasteiger partial charge is 0.444 e. The maximum Gasteiger partial charge on any atom is 0.410 e. The smallest absolute Gasteiger partial charge is 0.410 e. The molecule has 2 atom stereocenters. The van der Waals surface area contributed by atoms with Crippen LogP contribution in [0, 0.1) is 0 Å². The molecule has 1 aliphatic rings. The standard InChI is InChI=1S/C10H17ClFNO2/c1-10(2,3)15-9(14)13-5-4-7(12)8(13)6-11/h7-8H,4-6H2,1-3H3. The molecule has 1 amide bonds. The Labute approximate surface area is 94.5 Å². The molecule has 0 aromatic rings. The molecule has 0 spiro atoms. The fourth-order valence-electron chi connectivity index (χ4n) is 1.54. The Morgan fingerprint density at radius 3 is 2.67 bits per heavy atom. The van der Waals surface area contributed by atoms with Crippen molar-refractivity contribution >= 4 is 17.7 Å². The number of hydrogen-bond donors (Lipinski definition) is 0. The van der Waals surface area contributed by atoms with Crippen molar-refractivity contribution in [2.45, 2.75) is 45.0 Å². The summed E-state index contributed by atoms with van der Waals surface area (Å²) in [6, 6.07) is -0.540. The number of ether oxygens (including phenoxy) is 1. The van der Waals surface area contributed by atoms with Gasteiger partial charge in [0, 0.05) is 12.4 Å². The third kappa shape index (κ3) is 3.23. The van der Waals surface area contributed by atoms with Crippen molar-refractivity contribution < 1.29 is 13.9 Å². The van der Waals surface area contributed by atoms with Crippen LogP contribution in [0.5, 0.6) is 0 Å². The average molecular weight is 238 g/mol. The van der Waals surface area contributed by atoms with Crippen molar-refractivity contribution in [1.29, 1.82) is 0 Å². The SMILES string of the molecule is CC(C)(C)OC(=O)N1CCC(F)C1CCl. The molecule has 1 aliphatic heterocycles. The summed E-state index contributed by atoms with van der Waals surface area (Å²) in [7, 11) is 0. The minimum atomic E-state index is -1.03. The van der Waals surface area contributed by atoms with Crippen LogP contribution in [0.2, 0.25) is 0 Å². The van der Waals surface area contributed by atoms with E-state index in [0.29, 0.717) is 13.0 Å². The molecule has 5 heteroatoms. The minimum absolute atomic E-state index is 0.112. The van der Waals surface area contributed by atoms with Gasteiger partial charge in [-0.1, -0.05) is 0 Å². The van der Waals surface area contributed by atoms with Crippen LogP contribution in [0.4, 0.5) is 9.18 Å². The molecule has 3 nitrogen and oxygen atoms in total. The van der Waals surface area contributed by atoms with Gasteiger partial charge in [-0.25, -0.2) is 9.18 Å². The second kappa shape index (κ2) is 4.56. The molecule has 15 heavy (non-hydrogen) atoms.